The fourth-order valence-corrected chi connectivity index (χ4v) is 5.21. The summed E-state index contributed by atoms with van der Waals surface area (Å²) in [5, 5.41) is 0. The van der Waals surface area contributed by atoms with Crippen molar-refractivity contribution in [1.82, 2.24) is 0 Å². The van der Waals surface area contributed by atoms with E-state index in [4.69, 9.17) is 4.74 Å². The molecule has 0 bridgehead atoms. The van der Waals surface area contributed by atoms with Gasteiger partial charge in [-0.1, -0.05) is 0 Å². The molecule has 1 aromatic rings. The van der Waals surface area contributed by atoms with Crippen LogP contribution < -0.4 is 4.74 Å². The topological polar surface area (TPSA) is 9.23 Å². The molecule has 0 atom stereocenters. The van der Waals surface area contributed by atoms with Crippen molar-refractivity contribution >= 4 is 55.0 Å². The van der Waals surface area contributed by atoms with Crippen molar-refractivity contribution in [3.05, 3.63) is 7.57 Å². The van der Waals surface area contributed by atoms with Crippen LogP contribution in [0.15, 0.2) is 12.5 Å². The maximum absolute atomic E-state index is 5.49. The highest BCUT2D eigenvalue weighted by molar-refractivity contribution is 9.12. The van der Waals surface area contributed by atoms with Gasteiger partial charge in [-0.3, -0.25) is 0 Å². The Morgan fingerprint density at radius 3 is 2.82 bits per heavy atom. The Bertz CT molecular complexity index is 258. The molecule has 1 aliphatic rings. The van der Waals surface area contributed by atoms with Crippen molar-refractivity contribution in [3.8, 4) is 5.75 Å². The van der Waals surface area contributed by atoms with E-state index in [-0.39, 0.29) is 0 Å². The van der Waals surface area contributed by atoms with E-state index in [1.807, 2.05) is 11.8 Å². The van der Waals surface area contributed by atoms with E-state index in [2.05, 4.69) is 31.9 Å². The Hall–Kier alpha value is 0.810. The van der Waals surface area contributed by atoms with Crippen LogP contribution >= 0.6 is 55.0 Å². The number of fused-ring (bicyclic) bond motifs is 1. The molecular formula is C6H4Br2OS2. The average Bonchev–Trinajstić information content (AvgIpc) is 2.30. The van der Waals surface area contributed by atoms with E-state index < -0.39 is 0 Å². The summed E-state index contributed by atoms with van der Waals surface area (Å²) in [4.78, 5) is 1.24. The van der Waals surface area contributed by atoms with E-state index in [0.29, 0.717) is 0 Å². The largest absolute Gasteiger partial charge is 0.489 e. The minimum Gasteiger partial charge on any atom is -0.489 e. The van der Waals surface area contributed by atoms with E-state index >= 15 is 0 Å². The SMILES string of the molecule is Brc1sc(Br)c2c1OCCS2. The highest BCUT2D eigenvalue weighted by Gasteiger charge is 2.20. The van der Waals surface area contributed by atoms with Crippen LogP contribution in [0.3, 0.4) is 0 Å². The number of thiophene rings is 1. The first-order chi connectivity index (χ1) is 5.29. The summed E-state index contributed by atoms with van der Waals surface area (Å²) in [6.07, 6.45) is 0. The summed E-state index contributed by atoms with van der Waals surface area (Å²) in [5.41, 5.74) is 0. The van der Waals surface area contributed by atoms with Crippen LogP contribution in [0.4, 0.5) is 0 Å². The Kier molecular flexibility index (Phi) is 2.51. The van der Waals surface area contributed by atoms with Gasteiger partial charge in [0, 0.05) is 5.75 Å². The molecule has 2 heterocycles. The first kappa shape index (κ1) is 8.41. The molecular weight excluding hydrogens is 312 g/mol. The molecule has 1 aliphatic heterocycles. The summed E-state index contributed by atoms with van der Waals surface area (Å²) in [6.45, 7) is 0.819. The molecule has 0 aliphatic carbocycles. The Balaban J connectivity index is 2.52. The van der Waals surface area contributed by atoms with Crippen molar-refractivity contribution in [2.24, 2.45) is 0 Å². The fraction of sp³-hybridized carbons (Fsp3) is 0.333. The van der Waals surface area contributed by atoms with Gasteiger partial charge in [0.2, 0.25) is 0 Å². The summed E-state index contributed by atoms with van der Waals surface area (Å²) < 4.78 is 7.75. The van der Waals surface area contributed by atoms with Crippen LogP contribution in [0.5, 0.6) is 5.75 Å². The lowest BCUT2D eigenvalue weighted by Gasteiger charge is -2.12. The van der Waals surface area contributed by atoms with E-state index in [1.54, 1.807) is 11.3 Å². The standard InChI is InChI=1S/C6H4Br2OS2/c7-5-3-4(6(8)11-5)10-2-1-9-3/h1-2H2. The molecule has 0 radical (unpaired) electrons. The molecule has 0 amide bonds. The normalized spacial score (nSPS) is 15.8. The van der Waals surface area contributed by atoms with Crippen molar-refractivity contribution in [2.75, 3.05) is 12.4 Å². The van der Waals surface area contributed by atoms with E-state index in [9.17, 15) is 0 Å². The van der Waals surface area contributed by atoms with E-state index in [1.165, 1.54) is 8.68 Å². The van der Waals surface area contributed by atoms with Gasteiger partial charge in [-0.15, -0.1) is 23.1 Å². The summed E-state index contributed by atoms with van der Waals surface area (Å²) in [6, 6.07) is 0. The fourth-order valence-electron chi connectivity index (χ4n) is 0.882. The Labute approximate surface area is 89.8 Å². The van der Waals surface area contributed by atoms with Gasteiger partial charge in [0.1, 0.15) is 3.79 Å². The zero-order valence-corrected chi connectivity index (χ0v) is 10.2. The molecule has 0 saturated carbocycles. The van der Waals surface area contributed by atoms with Crippen LogP contribution in [0.2, 0.25) is 0 Å². The third kappa shape index (κ3) is 1.48. The molecule has 0 unspecified atom stereocenters. The van der Waals surface area contributed by atoms with Gasteiger partial charge < -0.3 is 4.74 Å². The predicted molar refractivity (Wildman–Crippen MR) is 55.9 cm³/mol. The number of thioether (sulfide) groups is 1. The summed E-state index contributed by atoms with van der Waals surface area (Å²) in [7, 11) is 0. The molecule has 0 aromatic carbocycles. The molecule has 0 N–H and O–H groups in total. The first-order valence-corrected chi connectivity index (χ1v) is 6.41. The second-order valence-corrected chi connectivity index (χ2v) is 6.77. The molecule has 60 valence electrons. The zero-order valence-electron chi connectivity index (χ0n) is 5.39. The summed E-state index contributed by atoms with van der Waals surface area (Å²) >= 11 is 10.5. The minimum atomic E-state index is 0.819. The van der Waals surface area contributed by atoms with Crippen LogP contribution in [0.1, 0.15) is 0 Å². The molecule has 5 heteroatoms. The van der Waals surface area contributed by atoms with Crippen LogP contribution in [-0.2, 0) is 0 Å². The highest BCUT2D eigenvalue weighted by Crippen LogP contribution is 2.49. The maximum Gasteiger partial charge on any atom is 0.159 e. The van der Waals surface area contributed by atoms with Gasteiger partial charge >= 0.3 is 0 Å². The third-order valence-electron chi connectivity index (χ3n) is 1.32. The molecule has 0 fully saturated rings. The van der Waals surface area contributed by atoms with Crippen LogP contribution in [0, 0.1) is 0 Å². The molecule has 0 spiro atoms. The Morgan fingerprint density at radius 2 is 2.09 bits per heavy atom. The first-order valence-electron chi connectivity index (χ1n) is 3.02. The minimum absolute atomic E-state index is 0.819. The monoisotopic (exact) mass is 314 g/mol. The van der Waals surface area contributed by atoms with Crippen LogP contribution in [0.25, 0.3) is 0 Å². The number of hydrogen-bond acceptors (Lipinski definition) is 3. The van der Waals surface area contributed by atoms with Gasteiger partial charge in [-0.25, -0.2) is 0 Å². The second-order valence-electron chi connectivity index (χ2n) is 2.00. The van der Waals surface area contributed by atoms with E-state index in [0.717, 1.165) is 21.9 Å². The highest BCUT2D eigenvalue weighted by atomic mass is 79.9. The maximum atomic E-state index is 5.49. The number of halogens is 2. The van der Waals surface area contributed by atoms with Gasteiger partial charge in [0.15, 0.2) is 5.75 Å². The second kappa shape index (κ2) is 3.28. The van der Waals surface area contributed by atoms with Crippen molar-refractivity contribution < 1.29 is 4.74 Å². The van der Waals surface area contributed by atoms with Gasteiger partial charge in [-0.05, 0) is 31.9 Å². The molecule has 1 nitrogen and oxygen atoms in total. The summed E-state index contributed by atoms with van der Waals surface area (Å²) in [5.74, 6) is 2.06. The molecule has 1 aromatic heterocycles. The lowest BCUT2D eigenvalue weighted by molar-refractivity contribution is 0.330. The number of hydrogen-bond donors (Lipinski definition) is 0. The molecule has 2 rings (SSSR count). The van der Waals surface area contributed by atoms with Gasteiger partial charge in [0.25, 0.3) is 0 Å². The van der Waals surface area contributed by atoms with Crippen molar-refractivity contribution in [1.29, 1.82) is 0 Å². The average molecular weight is 316 g/mol. The quantitative estimate of drug-likeness (QED) is 0.721. The van der Waals surface area contributed by atoms with Gasteiger partial charge in [-0.2, -0.15) is 0 Å². The molecule has 0 saturated heterocycles. The lowest BCUT2D eigenvalue weighted by atomic mass is 10.6. The lowest BCUT2D eigenvalue weighted by Crippen LogP contribution is -2.04. The van der Waals surface area contributed by atoms with Crippen molar-refractivity contribution in [2.45, 2.75) is 4.90 Å². The predicted octanol–water partition coefficient (Wildman–Crippen LogP) is 3.76. The Morgan fingerprint density at radius 1 is 1.27 bits per heavy atom. The zero-order chi connectivity index (χ0) is 7.84. The van der Waals surface area contributed by atoms with Crippen molar-refractivity contribution in [3.63, 3.8) is 0 Å². The smallest absolute Gasteiger partial charge is 0.159 e. The number of rotatable bonds is 0. The van der Waals surface area contributed by atoms with Crippen LogP contribution in [-0.4, -0.2) is 12.4 Å². The van der Waals surface area contributed by atoms with Gasteiger partial charge in [0.05, 0.1) is 15.3 Å². The number of ether oxygens (including phenoxy) is 1. The third-order valence-corrected chi connectivity index (χ3v) is 5.24. The molecule has 11 heavy (non-hydrogen) atoms.